The Kier molecular flexibility index (Phi) is 11.2. The third-order valence-corrected chi connectivity index (χ3v) is 7.17. The monoisotopic (exact) mass is 535 g/mol. The highest BCUT2D eigenvalue weighted by Crippen LogP contribution is 2.33. The molecule has 0 aromatic heterocycles. The molecule has 0 saturated carbocycles. The lowest BCUT2D eigenvalue weighted by atomic mass is 9.94. The van der Waals surface area contributed by atoms with Gasteiger partial charge in [-0.25, -0.2) is 0 Å². The van der Waals surface area contributed by atoms with Crippen LogP contribution in [0.15, 0.2) is 132 Å². The Labute approximate surface area is 236 Å². The van der Waals surface area contributed by atoms with Crippen molar-refractivity contribution < 1.29 is 0 Å². The second-order valence-corrected chi connectivity index (χ2v) is 9.91. The van der Waals surface area contributed by atoms with Crippen LogP contribution < -0.4 is 10.6 Å². The molecule has 7 nitrogen and oxygen atoms in total. The Morgan fingerprint density at radius 1 is 0.525 bits per heavy atom. The van der Waals surface area contributed by atoms with Crippen LogP contribution in [0.25, 0.3) is 0 Å². The van der Waals surface area contributed by atoms with Crippen LogP contribution in [0.3, 0.4) is 0 Å². The molecule has 4 rings (SSSR count). The zero-order valence-electron chi connectivity index (χ0n) is 22.8. The van der Waals surface area contributed by atoms with Crippen molar-refractivity contribution in [1.82, 2.24) is 15.5 Å². The molecule has 4 atom stereocenters. The van der Waals surface area contributed by atoms with E-state index in [-0.39, 0.29) is 12.1 Å². The second-order valence-electron chi connectivity index (χ2n) is 9.91. The van der Waals surface area contributed by atoms with Gasteiger partial charge in [0.2, 0.25) is 0 Å². The average molecular weight is 536 g/mol. The van der Waals surface area contributed by atoms with Crippen LogP contribution in [0.5, 0.6) is 0 Å². The lowest BCUT2D eigenvalue weighted by molar-refractivity contribution is 0.305. The Bertz CT molecular complexity index is 1170. The van der Waals surface area contributed by atoms with Gasteiger partial charge in [0.05, 0.1) is 12.1 Å². The topological polar surface area (TPSA) is 86.2 Å². The van der Waals surface area contributed by atoms with Gasteiger partial charge in [-0.1, -0.05) is 132 Å². The maximum absolute atomic E-state index is 12.0. The molecule has 40 heavy (non-hydrogen) atoms. The summed E-state index contributed by atoms with van der Waals surface area (Å²) in [6, 6.07) is 37.8. The smallest absolute Gasteiger partial charge is 0.136 e. The molecule has 4 aromatic carbocycles. The van der Waals surface area contributed by atoms with Crippen molar-refractivity contribution in [3.63, 3.8) is 0 Å². The lowest BCUT2D eigenvalue weighted by Crippen LogP contribution is -2.38. The zero-order chi connectivity index (χ0) is 28.0. The molecule has 0 bridgehead atoms. The highest BCUT2D eigenvalue weighted by atomic mass is 16.3. The van der Waals surface area contributed by atoms with E-state index in [9.17, 15) is 9.81 Å². The van der Waals surface area contributed by atoms with Gasteiger partial charge in [-0.2, -0.15) is 9.81 Å². The summed E-state index contributed by atoms with van der Waals surface area (Å²) in [4.78, 5) is 26.2. The normalized spacial score (nSPS) is 14.2. The lowest BCUT2D eigenvalue weighted by Gasteiger charge is -2.27. The number of hydrogen-bond acceptors (Lipinski definition) is 7. The maximum atomic E-state index is 12.0. The van der Waals surface area contributed by atoms with E-state index >= 15 is 0 Å². The Morgan fingerprint density at radius 2 is 0.825 bits per heavy atom. The summed E-state index contributed by atoms with van der Waals surface area (Å²) in [5.41, 5.74) is 3.83. The summed E-state index contributed by atoms with van der Waals surface area (Å²) in [5.74, 6) is 0. The van der Waals surface area contributed by atoms with E-state index < -0.39 is 12.1 Å². The third kappa shape index (κ3) is 7.99. The van der Waals surface area contributed by atoms with Crippen molar-refractivity contribution in [2.45, 2.75) is 24.2 Å². The van der Waals surface area contributed by atoms with Gasteiger partial charge in [0.1, 0.15) is 12.1 Å². The fraction of sp³-hybridized carbons (Fsp3) is 0.273. The summed E-state index contributed by atoms with van der Waals surface area (Å²) < 4.78 is 0. The first-order chi connectivity index (χ1) is 19.7. The van der Waals surface area contributed by atoms with Gasteiger partial charge in [0.15, 0.2) is 0 Å². The first kappa shape index (κ1) is 29.0. The molecular weight excluding hydrogens is 498 g/mol. The minimum absolute atomic E-state index is 0.236. The minimum atomic E-state index is -0.534. The van der Waals surface area contributed by atoms with E-state index in [0.29, 0.717) is 13.1 Å². The summed E-state index contributed by atoms with van der Waals surface area (Å²) >= 11 is 0. The number of hydrogen-bond donors (Lipinski definition) is 2. The van der Waals surface area contributed by atoms with Gasteiger partial charge in [0, 0.05) is 26.2 Å². The van der Waals surface area contributed by atoms with Gasteiger partial charge in [-0.3, -0.25) is 0 Å². The molecule has 0 aliphatic carbocycles. The molecule has 2 N–H and O–H groups in total. The van der Waals surface area contributed by atoms with E-state index in [4.69, 9.17) is 0 Å². The number of nitrogens with one attached hydrogen (secondary N) is 2. The number of likely N-dealkylation sites (N-methyl/N-ethyl adjacent to an activating group) is 1. The first-order valence-corrected chi connectivity index (χ1v) is 13.7. The van der Waals surface area contributed by atoms with Crippen LogP contribution in [0.4, 0.5) is 0 Å². The Morgan fingerprint density at radius 3 is 1.12 bits per heavy atom. The van der Waals surface area contributed by atoms with Crippen LogP contribution in [0.2, 0.25) is 0 Å². The number of nitroso groups, excluding NO2 is 2. The van der Waals surface area contributed by atoms with E-state index in [1.165, 1.54) is 0 Å². The highest BCUT2D eigenvalue weighted by Gasteiger charge is 2.27. The van der Waals surface area contributed by atoms with E-state index in [2.05, 4.69) is 32.9 Å². The number of rotatable bonds is 16. The maximum Gasteiger partial charge on any atom is 0.136 e. The Hall–Kier alpha value is -4.04. The van der Waals surface area contributed by atoms with Crippen LogP contribution in [-0.4, -0.2) is 38.1 Å². The molecule has 0 heterocycles. The fourth-order valence-electron chi connectivity index (χ4n) is 5.01. The van der Waals surface area contributed by atoms with Crippen molar-refractivity contribution in [3.8, 4) is 0 Å². The molecule has 0 aliphatic rings. The van der Waals surface area contributed by atoms with E-state index in [1.807, 2.05) is 121 Å². The average Bonchev–Trinajstić information content (AvgIpc) is 3.02. The van der Waals surface area contributed by atoms with Crippen molar-refractivity contribution in [3.05, 3.63) is 153 Å². The van der Waals surface area contributed by atoms with Gasteiger partial charge in [0.25, 0.3) is 0 Å². The van der Waals surface area contributed by atoms with E-state index in [1.54, 1.807) is 0 Å². The molecule has 7 heteroatoms. The fourth-order valence-corrected chi connectivity index (χ4v) is 5.01. The highest BCUT2D eigenvalue weighted by molar-refractivity contribution is 5.29. The van der Waals surface area contributed by atoms with Crippen LogP contribution in [0, 0.1) is 9.81 Å². The van der Waals surface area contributed by atoms with Gasteiger partial charge in [-0.15, -0.1) is 0 Å². The van der Waals surface area contributed by atoms with Crippen molar-refractivity contribution in [2.75, 3.05) is 33.2 Å². The van der Waals surface area contributed by atoms with Crippen LogP contribution >= 0.6 is 0 Å². The summed E-state index contributed by atoms with van der Waals surface area (Å²) in [6.07, 6.45) is 0. The number of nitrogens with zero attached hydrogens (tertiary/aromatic N) is 3. The molecule has 206 valence electrons. The molecule has 0 spiro atoms. The minimum Gasteiger partial charge on any atom is -0.306 e. The first-order valence-electron chi connectivity index (χ1n) is 13.7. The molecule has 0 radical (unpaired) electrons. The van der Waals surface area contributed by atoms with Gasteiger partial charge >= 0.3 is 0 Å². The predicted octanol–water partition coefficient (Wildman–Crippen LogP) is 6.60. The molecule has 0 saturated heterocycles. The third-order valence-electron chi connectivity index (χ3n) is 7.17. The SMILES string of the molecule is CN(CCNC(c1ccccc1)C(N=O)c1ccccc1)CCNC(c1ccccc1)C(N=O)c1ccccc1. The van der Waals surface area contributed by atoms with Crippen molar-refractivity contribution in [2.24, 2.45) is 10.4 Å². The van der Waals surface area contributed by atoms with Crippen molar-refractivity contribution in [1.29, 1.82) is 0 Å². The van der Waals surface area contributed by atoms with Crippen LogP contribution in [0.1, 0.15) is 46.4 Å². The van der Waals surface area contributed by atoms with Gasteiger partial charge in [-0.05, 0) is 29.3 Å². The molecule has 4 aromatic rings. The van der Waals surface area contributed by atoms with Crippen molar-refractivity contribution >= 4 is 0 Å². The van der Waals surface area contributed by atoms with Gasteiger partial charge < -0.3 is 15.5 Å². The molecule has 4 unspecified atom stereocenters. The summed E-state index contributed by atoms with van der Waals surface area (Å²) in [5, 5.41) is 14.2. The van der Waals surface area contributed by atoms with E-state index in [0.717, 1.165) is 35.3 Å². The molecular formula is C33H37N5O2. The zero-order valence-corrected chi connectivity index (χ0v) is 22.8. The standard InChI is InChI=1S/C33H37N5O2/c1-38(24-22-34-30(26-14-6-2-7-15-26)32(36-39)28-18-10-4-11-19-28)25-23-35-31(27-16-8-3-9-17-27)33(37-40)29-20-12-5-13-21-29/h2-21,30-35H,22-25H2,1H3. The Balaban J connectivity index is 1.36. The molecule has 0 fully saturated rings. The summed E-state index contributed by atoms with van der Waals surface area (Å²) in [7, 11) is 2.07. The second kappa shape index (κ2) is 15.5. The molecule has 0 amide bonds. The predicted molar refractivity (Wildman–Crippen MR) is 162 cm³/mol. The summed E-state index contributed by atoms with van der Waals surface area (Å²) in [6.45, 7) is 2.91. The van der Waals surface area contributed by atoms with Crippen LogP contribution in [-0.2, 0) is 0 Å². The quantitative estimate of drug-likeness (QED) is 0.158. The molecule has 0 aliphatic heterocycles. The largest absolute Gasteiger partial charge is 0.306 e. The number of benzene rings is 4.